The number of esters is 1. The van der Waals surface area contributed by atoms with E-state index in [0.717, 1.165) is 16.5 Å². The van der Waals surface area contributed by atoms with Crippen molar-refractivity contribution in [3.63, 3.8) is 0 Å². The van der Waals surface area contributed by atoms with Gasteiger partial charge in [-0.15, -0.1) is 0 Å². The van der Waals surface area contributed by atoms with Crippen LogP contribution in [0, 0.1) is 0 Å². The zero-order valence-corrected chi connectivity index (χ0v) is 25.1. The van der Waals surface area contributed by atoms with Crippen molar-refractivity contribution in [2.24, 2.45) is 0 Å². The van der Waals surface area contributed by atoms with Crippen molar-refractivity contribution >= 4 is 34.6 Å². The molecule has 1 aromatic heterocycles. The number of carbonyl (C=O) groups excluding carboxylic acids is 2. The number of hydrogen-bond acceptors (Lipinski definition) is 7. The molecule has 0 saturated heterocycles. The number of pyridine rings is 1. The summed E-state index contributed by atoms with van der Waals surface area (Å²) in [7, 11) is 0. The van der Waals surface area contributed by atoms with Crippen LogP contribution >= 0.6 is 11.6 Å². The summed E-state index contributed by atoms with van der Waals surface area (Å²) in [6.07, 6.45) is -2.52. The van der Waals surface area contributed by atoms with Crippen LogP contribution in [-0.2, 0) is 25.4 Å². The molecule has 0 amide bonds. The smallest absolute Gasteiger partial charge is 0.507 e. The number of nitrogens with one attached hydrogen (secondary N) is 1. The predicted octanol–water partition coefficient (Wildman–Crippen LogP) is 7.88. The molecule has 0 fully saturated rings. The van der Waals surface area contributed by atoms with Crippen LogP contribution in [0.1, 0.15) is 26.3 Å². The van der Waals surface area contributed by atoms with Crippen molar-refractivity contribution in [3.8, 4) is 39.1 Å². The van der Waals surface area contributed by atoms with Gasteiger partial charge in [-0.3, -0.25) is 9.59 Å². The van der Waals surface area contributed by atoms with Gasteiger partial charge in [0.1, 0.15) is 5.75 Å². The number of aromatic nitrogens is 1. The number of phenols is 1. The van der Waals surface area contributed by atoms with Gasteiger partial charge in [0, 0.05) is 29.1 Å². The monoisotopic (exact) mass is 611 g/mol. The second kappa shape index (κ2) is 13.1. The highest BCUT2D eigenvalue weighted by atomic mass is 35.5. The molecule has 0 bridgehead atoms. The molecule has 0 spiro atoms. The second-order valence-electron chi connectivity index (χ2n) is 10.5. The normalized spacial score (nSPS) is 11.8. The van der Waals surface area contributed by atoms with Crippen LogP contribution in [0.25, 0.3) is 44.3 Å². The highest BCUT2D eigenvalue weighted by Gasteiger charge is 2.17. The fourth-order valence-electron chi connectivity index (χ4n) is 4.85. The van der Waals surface area contributed by atoms with Crippen molar-refractivity contribution in [2.45, 2.75) is 39.6 Å². The number of rotatable bonds is 8. The molecule has 9 heteroatoms. The van der Waals surface area contributed by atoms with Gasteiger partial charge in [-0.2, -0.15) is 0 Å². The molecule has 0 aliphatic heterocycles. The van der Waals surface area contributed by atoms with Gasteiger partial charge >= 0.3 is 12.1 Å². The van der Waals surface area contributed by atoms with E-state index in [1.807, 2.05) is 48.5 Å². The summed E-state index contributed by atoms with van der Waals surface area (Å²) in [4.78, 5) is 40.1. The van der Waals surface area contributed by atoms with Gasteiger partial charge < -0.3 is 24.3 Å². The number of benzene rings is 4. The van der Waals surface area contributed by atoms with Crippen LogP contribution in [0.4, 0.5) is 4.79 Å². The number of aromatic hydroxyl groups is 1. The van der Waals surface area contributed by atoms with E-state index in [-0.39, 0.29) is 23.8 Å². The molecular formula is C35H30ClNO7. The van der Waals surface area contributed by atoms with Gasteiger partial charge in [-0.1, -0.05) is 78.3 Å². The van der Waals surface area contributed by atoms with E-state index in [9.17, 15) is 19.5 Å². The molecule has 0 saturated carbocycles. The summed E-state index contributed by atoms with van der Waals surface area (Å²) in [5, 5.41) is 11.9. The molecule has 0 aliphatic carbocycles. The Bertz CT molecular complexity index is 1900. The molecule has 4 aromatic carbocycles. The predicted molar refractivity (Wildman–Crippen MR) is 170 cm³/mol. The van der Waals surface area contributed by atoms with Crippen molar-refractivity contribution in [1.29, 1.82) is 0 Å². The standard InChI is InChI=1S/C35H30ClNO7/c1-20(2)42-35(41)44-21(3)43-33(39)15-22-8-7-11-24(14-22)29-17-26-16-28(30(36)19-31(26)37-34(29)40)25-12-13-27(32(38)18-25)23-9-5-4-6-10-23/h4-14,16-21,38H,15H2,1-3H3,(H,37,40). The van der Waals surface area contributed by atoms with Gasteiger partial charge in [0.2, 0.25) is 6.29 Å². The number of aromatic amines is 1. The van der Waals surface area contributed by atoms with Crippen molar-refractivity contribution in [2.75, 3.05) is 0 Å². The number of ether oxygens (including phenoxy) is 3. The Kier molecular flexibility index (Phi) is 9.01. The van der Waals surface area contributed by atoms with Gasteiger partial charge in [-0.05, 0) is 65.8 Å². The fraction of sp³-hybridized carbons (Fsp3) is 0.171. The summed E-state index contributed by atoms with van der Waals surface area (Å²) in [6.45, 7) is 4.77. The molecule has 8 nitrogen and oxygen atoms in total. The van der Waals surface area contributed by atoms with E-state index in [4.69, 9.17) is 25.8 Å². The number of fused-ring (bicyclic) bond motifs is 1. The van der Waals surface area contributed by atoms with Gasteiger partial charge in [-0.25, -0.2) is 4.79 Å². The van der Waals surface area contributed by atoms with Crippen LogP contribution in [-0.4, -0.2) is 34.6 Å². The Labute approximate surface area is 258 Å². The van der Waals surface area contributed by atoms with Gasteiger partial charge in [0.15, 0.2) is 0 Å². The number of halogens is 1. The molecular weight excluding hydrogens is 582 g/mol. The Morgan fingerprint density at radius 3 is 2.20 bits per heavy atom. The molecule has 224 valence electrons. The molecule has 0 radical (unpaired) electrons. The Morgan fingerprint density at radius 2 is 1.48 bits per heavy atom. The molecule has 1 atom stereocenters. The van der Waals surface area contributed by atoms with Crippen LogP contribution in [0.2, 0.25) is 5.02 Å². The van der Waals surface area contributed by atoms with E-state index in [1.54, 1.807) is 56.3 Å². The number of carbonyl (C=O) groups is 2. The minimum Gasteiger partial charge on any atom is -0.507 e. The van der Waals surface area contributed by atoms with Crippen LogP contribution in [0.3, 0.4) is 0 Å². The zero-order chi connectivity index (χ0) is 31.4. The first kappa shape index (κ1) is 30.4. The number of phenolic OH excluding ortho intramolecular Hbond substituents is 1. The molecule has 0 aliphatic rings. The lowest BCUT2D eigenvalue weighted by Gasteiger charge is -2.15. The lowest BCUT2D eigenvalue weighted by atomic mass is 9.97. The maximum atomic E-state index is 13.1. The molecule has 44 heavy (non-hydrogen) atoms. The summed E-state index contributed by atoms with van der Waals surface area (Å²) < 4.78 is 15.0. The minimum absolute atomic E-state index is 0.103. The summed E-state index contributed by atoms with van der Waals surface area (Å²) >= 11 is 6.63. The third-order valence-electron chi connectivity index (χ3n) is 6.80. The van der Waals surface area contributed by atoms with Crippen LogP contribution in [0.5, 0.6) is 5.75 Å². The lowest BCUT2D eigenvalue weighted by Crippen LogP contribution is -2.24. The Morgan fingerprint density at radius 1 is 0.773 bits per heavy atom. The molecule has 1 heterocycles. The van der Waals surface area contributed by atoms with Crippen molar-refractivity contribution in [1.82, 2.24) is 4.98 Å². The zero-order valence-electron chi connectivity index (χ0n) is 24.3. The largest absolute Gasteiger partial charge is 0.511 e. The maximum Gasteiger partial charge on any atom is 0.511 e. The maximum absolute atomic E-state index is 13.1. The van der Waals surface area contributed by atoms with Crippen LogP contribution < -0.4 is 5.56 Å². The minimum atomic E-state index is -1.13. The van der Waals surface area contributed by atoms with E-state index in [0.29, 0.717) is 38.4 Å². The Balaban J connectivity index is 1.39. The quantitative estimate of drug-likeness (QED) is 0.135. The molecule has 1 unspecified atom stereocenters. The molecule has 5 rings (SSSR count). The fourth-order valence-corrected chi connectivity index (χ4v) is 5.12. The average molecular weight is 612 g/mol. The van der Waals surface area contributed by atoms with Crippen LogP contribution in [0.15, 0.2) is 95.8 Å². The Hall–Kier alpha value is -5.08. The summed E-state index contributed by atoms with van der Waals surface area (Å²) in [5.41, 5.74) is 4.86. The van der Waals surface area contributed by atoms with E-state index in [2.05, 4.69) is 4.98 Å². The van der Waals surface area contributed by atoms with Crippen molar-refractivity contribution < 1.29 is 28.9 Å². The summed E-state index contributed by atoms with van der Waals surface area (Å²) in [6, 6.07) is 27.3. The highest BCUT2D eigenvalue weighted by Crippen LogP contribution is 2.37. The number of hydrogen-bond donors (Lipinski definition) is 2. The third-order valence-corrected chi connectivity index (χ3v) is 7.12. The summed E-state index contributed by atoms with van der Waals surface area (Å²) in [5.74, 6) is -0.487. The third kappa shape index (κ3) is 7.10. The van der Waals surface area contributed by atoms with Gasteiger partial charge in [0.05, 0.1) is 17.5 Å². The molecule has 2 N–H and O–H groups in total. The van der Waals surface area contributed by atoms with Gasteiger partial charge in [0.25, 0.3) is 5.56 Å². The van der Waals surface area contributed by atoms with E-state index in [1.165, 1.54) is 6.92 Å². The second-order valence-corrected chi connectivity index (χ2v) is 10.9. The molecule has 5 aromatic rings. The van der Waals surface area contributed by atoms with E-state index < -0.39 is 18.4 Å². The first-order valence-corrected chi connectivity index (χ1v) is 14.4. The number of H-pyrrole nitrogens is 1. The topological polar surface area (TPSA) is 115 Å². The first-order valence-electron chi connectivity index (χ1n) is 14.0. The van der Waals surface area contributed by atoms with E-state index >= 15 is 0 Å². The SMILES string of the molecule is CC(C)OC(=O)OC(C)OC(=O)Cc1cccc(-c2cc3cc(-c4ccc(-c5ccccc5)c(O)c4)c(Cl)cc3[nH]c2=O)c1. The first-order chi connectivity index (χ1) is 21.1. The average Bonchev–Trinajstić information content (AvgIpc) is 2.96. The highest BCUT2D eigenvalue weighted by molar-refractivity contribution is 6.34. The van der Waals surface area contributed by atoms with Crippen molar-refractivity contribution in [3.05, 3.63) is 112 Å². The lowest BCUT2D eigenvalue weighted by molar-refractivity contribution is -0.167.